The van der Waals surface area contributed by atoms with E-state index in [0.29, 0.717) is 107 Å². The van der Waals surface area contributed by atoms with Crippen LogP contribution in [0, 0.1) is 28.4 Å². The summed E-state index contributed by atoms with van der Waals surface area (Å²) in [5.74, 6) is -1.34. The normalized spacial score (nSPS) is 19.1. The number of carbonyl (C=O) groups is 4. The van der Waals surface area contributed by atoms with Crippen LogP contribution in [-0.2, 0) is 19.1 Å². The summed E-state index contributed by atoms with van der Waals surface area (Å²) in [5.41, 5.74) is 2.62. The van der Waals surface area contributed by atoms with Crippen LogP contribution >= 0.6 is 0 Å². The lowest BCUT2D eigenvalue weighted by molar-refractivity contribution is -0.134. The van der Waals surface area contributed by atoms with Gasteiger partial charge >= 0.3 is 0 Å². The number of anilines is 3. The lowest BCUT2D eigenvalue weighted by Gasteiger charge is -2.46. The van der Waals surface area contributed by atoms with E-state index in [1.165, 1.54) is 0 Å². The number of nitriles is 1. The van der Waals surface area contributed by atoms with E-state index < -0.39 is 29.1 Å². The molecule has 6 N–H and O–H groups in total. The maximum atomic E-state index is 14.9. The molecule has 2 aromatic carbocycles. The molecule has 358 valence electrons. The fraction of sp³-hybridized carbons (Fsp3) is 0.420. The minimum absolute atomic E-state index is 0.120. The second kappa shape index (κ2) is 23.1. The number of imide groups is 1. The molecule has 3 aromatic rings. The predicted molar refractivity (Wildman–Crippen MR) is 255 cm³/mol. The zero-order chi connectivity index (χ0) is 48.0. The van der Waals surface area contributed by atoms with Crippen molar-refractivity contribution in [3.05, 3.63) is 113 Å². The highest BCUT2D eigenvalue weighted by Gasteiger charge is 2.39. The number of allylic oxidation sites excluding steroid dienone is 3. The Balaban J connectivity index is 0.890. The number of rotatable bonds is 19. The van der Waals surface area contributed by atoms with Gasteiger partial charge in [-0.2, -0.15) is 5.26 Å². The highest BCUT2D eigenvalue weighted by Crippen LogP contribution is 2.32. The average Bonchev–Trinajstić information content (AvgIpc) is 3.34. The average molecular weight is 932 g/mol. The molecule has 3 saturated heterocycles. The molecule has 5 heterocycles. The van der Waals surface area contributed by atoms with E-state index in [-0.39, 0.29) is 28.9 Å². The van der Waals surface area contributed by atoms with Crippen LogP contribution in [0.25, 0.3) is 5.57 Å². The van der Waals surface area contributed by atoms with E-state index in [9.17, 15) is 33.2 Å². The second-order valence-electron chi connectivity index (χ2n) is 17.5. The molecule has 0 bridgehead atoms. The van der Waals surface area contributed by atoms with E-state index in [4.69, 9.17) is 15.1 Å². The Bertz CT molecular complexity index is 2470. The van der Waals surface area contributed by atoms with Gasteiger partial charge in [-0.25, -0.2) is 13.8 Å². The fourth-order valence-corrected chi connectivity index (χ4v) is 9.02. The standard InChI is InChI=1S/C50H59F2N11O5/c1-2-68-39-28-40(47(57-32-39)35(29-53)30-54)34-11-15-44(56-31-34)62-20-17-50(18-21-62,60-48(66)41-26-36(51)12-13-42(41)52)33-61-22-24-63(25-23-61)46(65)10-5-3-4-6-19-55-37-8-7-9-38(27-37)58-43-14-16-45(64)59-49(43)67/h7-9,11-13,15,26-29,31-32,43,53,55,57-58H,2-6,10,14,16-25,33H2,1H3,(H,60,66)(H,59,64,67)/b47-35+,53-29?. The van der Waals surface area contributed by atoms with E-state index in [1.807, 2.05) is 54.3 Å². The Kier molecular flexibility index (Phi) is 16.5. The Morgan fingerprint density at radius 1 is 1.00 bits per heavy atom. The van der Waals surface area contributed by atoms with Crippen molar-refractivity contribution in [2.75, 3.05) is 74.5 Å². The largest absolute Gasteiger partial charge is 0.492 e. The van der Waals surface area contributed by atoms with E-state index >= 15 is 0 Å². The van der Waals surface area contributed by atoms with Crippen LogP contribution in [0.15, 0.2) is 90.1 Å². The van der Waals surface area contributed by atoms with Gasteiger partial charge in [0.15, 0.2) is 0 Å². The summed E-state index contributed by atoms with van der Waals surface area (Å²) >= 11 is 0. The molecule has 0 saturated carbocycles. The number of aromatic nitrogens is 1. The molecule has 4 aliphatic rings. The van der Waals surface area contributed by atoms with Crippen molar-refractivity contribution >= 4 is 52.6 Å². The zero-order valence-corrected chi connectivity index (χ0v) is 38.3. The van der Waals surface area contributed by atoms with Gasteiger partial charge in [0.05, 0.1) is 29.0 Å². The first-order chi connectivity index (χ1) is 33.0. The summed E-state index contributed by atoms with van der Waals surface area (Å²) in [6.07, 6.45) is 12.0. The molecule has 3 fully saturated rings. The van der Waals surface area contributed by atoms with Crippen LogP contribution in [0.5, 0.6) is 0 Å². The number of piperidine rings is 2. The van der Waals surface area contributed by atoms with Gasteiger partial charge in [-0.15, -0.1) is 0 Å². The fourth-order valence-electron chi connectivity index (χ4n) is 9.02. The number of dihydropyridines is 1. The molecule has 0 aliphatic carbocycles. The Morgan fingerprint density at radius 2 is 1.78 bits per heavy atom. The van der Waals surface area contributed by atoms with Gasteiger partial charge in [0.1, 0.15) is 35.3 Å². The van der Waals surface area contributed by atoms with Crippen molar-refractivity contribution < 1.29 is 32.7 Å². The predicted octanol–water partition coefficient (Wildman–Crippen LogP) is 5.84. The van der Waals surface area contributed by atoms with Crippen molar-refractivity contribution in [1.82, 2.24) is 30.7 Å². The second-order valence-corrected chi connectivity index (χ2v) is 17.5. The summed E-state index contributed by atoms with van der Waals surface area (Å²) < 4.78 is 34.8. The van der Waals surface area contributed by atoms with Gasteiger partial charge in [0.25, 0.3) is 5.91 Å². The Morgan fingerprint density at radius 3 is 2.50 bits per heavy atom. The quantitative estimate of drug-likeness (QED) is 0.0363. The van der Waals surface area contributed by atoms with Gasteiger partial charge in [-0.1, -0.05) is 18.9 Å². The van der Waals surface area contributed by atoms with Crippen molar-refractivity contribution in [2.24, 2.45) is 0 Å². The van der Waals surface area contributed by atoms with Crippen molar-refractivity contribution in [1.29, 1.82) is 10.7 Å². The molecule has 1 unspecified atom stereocenters. The molecule has 16 nitrogen and oxygen atoms in total. The van der Waals surface area contributed by atoms with Crippen molar-refractivity contribution in [3.63, 3.8) is 0 Å². The molecule has 0 radical (unpaired) electrons. The summed E-state index contributed by atoms with van der Waals surface area (Å²) in [7, 11) is 0. The van der Waals surface area contributed by atoms with Gasteiger partial charge in [-0.3, -0.25) is 29.4 Å². The number of pyridine rings is 1. The van der Waals surface area contributed by atoms with E-state index in [1.54, 1.807) is 12.4 Å². The monoisotopic (exact) mass is 931 g/mol. The van der Waals surface area contributed by atoms with Crippen molar-refractivity contribution in [3.8, 4) is 6.07 Å². The lowest BCUT2D eigenvalue weighted by atomic mass is 9.86. The summed E-state index contributed by atoms with van der Waals surface area (Å²) in [6.45, 7) is 6.89. The maximum absolute atomic E-state index is 14.9. The number of amides is 4. The minimum Gasteiger partial charge on any atom is -0.492 e. The first-order valence-electron chi connectivity index (χ1n) is 23.4. The van der Waals surface area contributed by atoms with Crippen molar-refractivity contribution in [2.45, 2.75) is 76.3 Å². The van der Waals surface area contributed by atoms with Crippen LogP contribution in [0.4, 0.5) is 26.0 Å². The minimum atomic E-state index is -0.805. The molecule has 7 rings (SSSR count). The first-order valence-corrected chi connectivity index (χ1v) is 23.4. The number of hydrogen-bond donors (Lipinski definition) is 6. The lowest BCUT2D eigenvalue weighted by Crippen LogP contribution is -2.62. The smallest absolute Gasteiger partial charge is 0.254 e. The van der Waals surface area contributed by atoms with Crippen LogP contribution in [0.1, 0.15) is 80.6 Å². The third-order valence-corrected chi connectivity index (χ3v) is 12.8. The molecule has 68 heavy (non-hydrogen) atoms. The number of unbranched alkanes of at least 4 members (excludes halogenated alkanes) is 3. The van der Waals surface area contributed by atoms with Gasteiger partial charge in [0, 0.05) is 106 Å². The number of nitrogens with zero attached hydrogens (tertiary/aromatic N) is 5. The summed E-state index contributed by atoms with van der Waals surface area (Å²) in [6, 6.07) is 16.0. The Labute approximate surface area is 395 Å². The Hall–Kier alpha value is -7.13. The summed E-state index contributed by atoms with van der Waals surface area (Å²) in [5, 5.41) is 32.6. The van der Waals surface area contributed by atoms with Crippen LogP contribution in [-0.4, -0.2) is 115 Å². The number of nitrogens with one attached hydrogen (secondary N) is 6. The highest BCUT2D eigenvalue weighted by molar-refractivity contribution is 6.01. The molecule has 0 spiro atoms. The molecular weight excluding hydrogens is 873 g/mol. The number of carbonyl (C=O) groups excluding carboxylic acids is 4. The van der Waals surface area contributed by atoms with Gasteiger partial charge < -0.3 is 41.2 Å². The SMILES string of the molecule is CCOC1=CN/C(=C(/C#N)C=N)C(c2ccc(N3CCC(CN4CCN(C(=O)CCCCCCNc5cccc(NC6CCC(=O)NC6=O)c5)CC4)(NC(=O)c4cc(F)ccc4F)CC3)nc2)=C1. The molecule has 4 amide bonds. The molecule has 1 aromatic heterocycles. The van der Waals surface area contributed by atoms with Gasteiger partial charge in [-0.05, 0) is 93.6 Å². The number of benzene rings is 2. The number of hydrogen-bond acceptors (Lipinski definition) is 13. The molecular formula is C50H59F2N11O5. The van der Waals surface area contributed by atoms with Gasteiger partial charge in [0.2, 0.25) is 17.7 Å². The van der Waals surface area contributed by atoms with E-state index in [2.05, 4.69) is 42.5 Å². The molecule has 1 atom stereocenters. The zero-order valence-electron chi connectivity index (χ0n) is 38.3. The van der Waals surface area contributed by atoms with Crippen LogP contribution < -0.4 is 31.5 Å². The number of ether oxygens (including phenoxy) is 1. The highest BCUT2D eigenvalue weighted by atomic mass is 19.1. The van der Waals surface area contributed by atoms with E-state index in [0.717, 1.165) is 73.6 Å². The first kappa shape index (κ1) is 48.8. The summed E-state index contributed by atoms with van der Waals surface area (Å²) in [4.78, 5) is 61.5. The number of piperazine rings is 1. The van der Waals surface area contributed by atoms with Crippen LogP contribution in [0.3, 0.4) is 0 Å². The molecule has 4 aliphatic heterocycles. The maximum Gasteiger partial charge on any atom is 0.254 e. The van der Waals surface area contributed by atoms with Crippen LogP contribution in [0.2, 0.25) is 0 Å². The topological polar surface area (TPSA) is 208 Å². The number of halogens is 2. The third kappa shape index (κ3) is 12.6. The molecule has 18 heteroatoms. The third-order valence-electron chi connectivity index (χ3n) is 12.8.